The Balaban J connectivity index is 1.72. The average molecular weight is 353 g/mol. The predicted molar refractivity (Wildman–Crippen MR) is 80.2 cm³/mol. The molecule has 0 spiro atoms. The van der Waals surface area contributed by atoms with Gasteiger partial charge in [-0.2, -0.15) is 0 Å². The number of ether oxygens (including phenoxy) is 2. The van der Waals surface area contributed by atoms with Crippen LogP contribution in [0.15, 0.2) is 46.9 Å². The maximum absolute atomic E-state index is 13.5. The molecular weight excluding hydrogens is 339 g/mol. The van der Waals surface area contributed by atoms with E-state index in [-0.39, 0.29) is 18.8 Å². The third-order valence-corrected chi connectivity index (χ3v) is 4.31. The highest BCUT2D eigenvalue weighted by Gasteiger charge is 2.28. The van der Waals surface area contributed by atoms with Crippen LogP contribution >= 0.6 is 15.9 Å². The lowest BCUT2D eigenvalue weighted by atomic mass is 10.0. The fourth-order valence-corrected chi connectivity index (χ4v) is 2.71. The maximum atomic E-state index is 13.5. The van der Waals surface area contributed by atoms with Crippen molar-refractivity contribution in [3.63, 3.8) is 0 Å². The van der Waals surface area contributed by atoms with Gasteiger partial charge in [-0.1, -0.05) is 24.3 Å². The third kappa shape index (κ3) is 3.04. The monoisotopic (exact) mass is 352 g/mol. The largest absolute Gasteiger partial charge is 0.486 e. The molecule has 0 aliphatic carbocycles. The van der Waals surface area contributed by atoms with Gasteiger partial charge in [0, 0.05) is 6.42 Å². The van der Waals surface area contributed by atoms with Gasteiger partial charge in [0.2, 0.25) is 0 Å². The van der Waals surface area contributed by atoms with Gasteiger partial charge in [-0.05, 0) is 39.7 Å². The van der Waals surface area contributed by atoms with Crippen LogP contribution < -0.4 is 9.47 Å². The number of benzene rings is 2. The van der Waals surface area contributed by atoms with E-state index in [4.69, 9.17) is 9.47 Å². The molecule has 1 heterocycles. The molecule has 0 saturated heterocycles. The van der Waals surface area contributed by atoms with Gasteiger partial charge in [-0.3, -0.25) is 0 Å². The first-order valence-electron chi connectivity index (χ1n) is 6.64. The first kappa shape index (κ1) is 14.4. The summed E-state index contributed by atoms with van der Waals surface area (Å²) in [5.74, 6) is 0.949. The van der Waals surface area contributed by atoms with Crippen LogP contribution in [0.1, 0.15) is 5.56 Å². The summed E-state index contributed by atoms with van der Waals surface area (Å²) in [6, 6.07) is 12.1. The standard InChI is InChI=1S/C16H14BrFO3/c17-16-10(4-3-5-11(16)18)8-12(19)15-9-20-13-6-1-2-7-14(13)21-15/h1-7,12,15,19H,8-9H2. The summed E-state index contributed by atoms with van der Waals surface area (Å²) in [6.07, 6.45) is -0.972. The molecule has 3 nitrogen and oxygen atoms in total. The van der Waals surface area contributed by atoms with Crippen LogP contribution in [0.3, 0.4) is 0 Å². The lowest BCUT2D eigenvalue weighted by Gasteiger charge is -2.29. The topological polar surface area (TPSA) is 38.7 Å². The summed E-state index contributed by atoms with van der Waals surface area (Å²) in [5, 5.41) is 10.3. The Hall–Kier alpha value is -1.59. The molecule has 0 bridgehead atoms. The van der Waals surface area contributed by atoms with E-state index in [2.05, 4.69) is 15.9 Å². The predicted octanol–water partition coefficient (Wildman–Crippen LogP) is 3.33. The minimum absolute atomic E-state index is 0.269. The van der Waals surface area contributed by atoms with Crippen LogP contribution in [0.4, 0.5) is 4.39 Å². The van der Waals surface area contributed by atoms with Gasteiger partial charge in [0.1, 0.15) is 12.4 Å². The summed E-state index contributed by atoms with van der Waals surface area (Å²) in [7, 11) is 0. The molecule has 0 fully saturated rings. The number of aliphatic hydroxyl groups excluding tert-OH is 1. The Labute approximate surface area is 130 Å². The third-order valence-electron chi connectivity index (χ3n) is 3.42. The molecule has 2 aromatic carbocycles. The van der Waals surface area contributed by atoms with E-state index in [1.54, 1.807) is 18.2 Å². The zero-order valence-electron chi connectivity index (χ0n) is 11.1. The molecular formula is C16H14BrFO3. The van der Waals surface area contributed by atoms with E-state index in [0.717, 1.165) is 0 Å². The van der Waals surface area contributed by atoms with Gasteiger partial charge < -0.3 is 14.6 Å². The van der Waals surface area contributed by atoms with Gasteiger partial charge in [0.15, 0.2) is 17.6 Å². The van der Waals surface area contributed by atoms with Crippen molar-refractivity contribution in [3.05, 3.63) is 58.3 Å². The zero-order chi connectivity index (χ0) is 14.8. The first-order chi connectivity index (χ1) is 10.1. The van der Waals surface area contributed by atoms with Crippen molar-refractivity contribution < 1.29 is 19.0 Å². The highest BCUT2D eigenvalue weighted by Crippen LogP contribution is 2.32. The van der Waals surface area contributed by atoms with Gasteiger partial charge in [0.05, 0.1) is 10.6 Å². The zero-order valence-corrected chi connectivity index (χ0v) is 12.7. The van der Waals surface area contributed by atoms with Crippen LogP contribution in [-0.4, -0.2) is 23.9 Å². The molecule has 21 heavy (non-hydrogen) atoms. The molecule has 2 unspecified atom stereocenters. The number of para-hydroxylation sites is 2. The van der Waals surface area contributed by atoms with Crippen LogP contribution in [0.5, 0.6) is 11.5 Å². The van der Waals surface area contributed by atoms with Crippen molar-refractivity contribution in [1.29, 1.82) is 0 Å². The van der Waals surface area contributed by atoms with Gasteiger partial charge in [-0.25, -0.2) is 4.39 Å². The molecule has 2 atom stereocenters. The van der Waals surface area contributed by atoms with Crippen molar-refractivity contribution in [2.24, 2.45) is 0 Å². The molecule has 0 saturated carbocycles. The summed E-state index contributed by atoms with van der Waals surface area (Å²) in [4.78, 5) is 0. The minimum atomic E-state index is -0.781. The summed E-state index contributed by atoms with van der Waals surface area (Å²) in [6.45, 7) is 0.269. The summed E-state index contributed by atoms with van der Waals surface area (Å²) in [5.41, 5.74) is 0.699. The summed E-state index contributed by atoms with van der Waals surface area (Å²) < 4.78 is 25.2. The molecule has 5 heteroatoms. The van der Waals surface area contributed by atoms with Crippen LogP contribution in [0.25, 0.3) is 0 Å². The second-order valence-corrected chi connectivity index (χ2v) is 5.69. The summed E-state index contributed by atoms with van der Waals surface area (Å²) >= 11 is 3.20. The number of hydrogen-bond donors (Lipinski definition) is 1. The van der Waals surface area contributed by atoms with E-state index >= 15 is 0 Å². The van der Waals surface area contributed by atoms with Gasteiger partial charge in [-0.15, -0.1) is 0 Å². The Kier molecular flexibility index (Phi) is 4.12. The average Bonchev–Trinajstić information content (AvgIpc) is 2.51. The second-order valence-electron chi connectivity index (χ2n) is 4.90. The van der Waals surface area contributed by atoms with E-state index in [1.807, 2.05) is 18.2 Å². The molecule has 0 aromatic heterocycles. The fourth-order valence-electron chi connectivity index (χ4n) is 2.29. The SMILES string of the molecule is OC(Cc1cccc(F)c1Br)C1COc2ccccc2O1. The van der Waals surface area contributed by atoms with Crippen molar-refractivity contribution >= 4 is 15.9 Å². The first-order valence-corrected chi connectivity index (χ1v) is 7.44. The Bertz CT molecular complexity index is 647. The molecule has 1 aliphatic rings. The van der Waals surface area contributed by atoms with Crippen molar-refractivity contribution in [2.45, 2.75) is 18.6 Å². The van der Waals surface area contributed by atoms with Crippen LogP contribution in [0, 0.1) is 5.82 Å². The number of hydrogen-bond acceptors (Lipinski definition) is 3. The highest BCUT2D eigenvalue weighted by atomic mass is 79.9. The minimum Gasteiger partial charge on any atom is -0.486 e. The van der Waals surface area contributed by atoms with Gasteiger partial charge >= 0.3 is 0 Å². The molecule has 1 N–H and O–H groups in total. The number of fused-ring (bicyclic) bond motifs is 1. The molecule has 1 aliphatic heterocycles. The lowest BCUT2D eigenvalue weighted by Crippen LogP contribution is -2.40. The molecule has 2 aromatic rings. The quantitative estimate of drug-likeness (QED) is 0.920. The second kappa shape index (κ2) is 6.03. The van der Waals surface area contributed by atoms with Crippen molar-refractivity contribution in [2.75, 3.05) is 6.61 Å². The van der Waals surface area contributed by atoms with Crippen LogP contribution in [-0.2, 0) is 6.42 Å². The smallest absolute Gasteiger partial charge is 0.161 e. The molecule has 0 amide bonds. The normalized spacial score (nSPS) is 18.3. The highest BCUT2D eigenvalue weighted by molar-refractivity contribution is 9.10. The van der Waals surface area contributed by atoms with E-state index in [1.165, 1.54) is 6.07 Å². The van der Waals surface area contributed by atoms with Crippen LogP contribution in [0.2, 0.25) is 0 Å². The maximum Gasteiger partial charge on any atom is 0.161 e. The fraction of sp³-hybridized carbons (Fsp3) is 0.250. The Morgan fingerprint density at radius 3 is 2.76 bits per heavy atom. The molecule has 3 rings (SSSR count). The number of rotatable bonds is 3. The molecule has 110 valence electrons. The Morgan fingerprint density at radius 2 is 1.95 bits per heavy atom. The van der Waals surface area contributed by atoms with E-state index in [9.17, 15) is 9.50 Å². The van der Waals surface area contributed by atoms with E-state index in [0.29, 0.717) is 21.5 Å². The molecule has 0 radical (unpaired) electrons. The van der Waals surface area contributed by atoms with Gasteiger partial charge in [0.25, 0.3) is 0 Å². The Morgan fingerprint density at radius 1 is 1.19 bits per heavy atom. The van der Waals surface area contributed by atoms with E-state index < -0.39 is 12.2 Å². The lowest BCUT2D eigenvalue weighted by molar-refractivity contribution is -0.00950. The van der Waals surface area contributed by atoms with Crippen molar-refractivity contribution in [1.82, 2.24) is 0 Å². The number of aliphatic hydroxyl groups is 1. The van der Waals surface area contributed by atoms with Crippen molar-refractivity contribution in [3.8, 4) is 11.5 Å². The number of halogens is 2.